The van der Waals surface area contributed by atoms with E-state index in [9.17, 15) is 0 Å². The smallest absolute Gasteiger partial charge is 0.144 e. The summed E-state index contributed by atoms with van der Waals surface area (Å²) in [6.45, 7) is 7.83. The predicted octanol–water partition coefficient (Wildman–Crippen LogP) is 4.74. The van der Waals surface area contributed by atoms with E-state index in [4.69, 9.17) is 4.98 Å². The second-order valence-corrected chi connectivity index (χ2v) is 7.14. The highest BCUT2D eigenvalue weighted by Crippen LogP contribution is 2.41. The van der Waals surface area contributed by atoms with E-state index in [0.717, 1.165) is 29.1 Å². The van der Waals surface area contributed by atoms with Crippen LogP contribution in [0, 0.1) is 5.41 Å². The van der Waals surface area contributed by atoms with E-state index < -0.39 is 0 Å². The maximum absolute atomic E-state index is 4.71. The molecular weight excluding hydrogens is 302 g/mol. The first-order chi connectivity index (χ1) is 9.02. The van der Waals surface area contributed by atoms with Crippen molar-refractivity contribution in [2.24, 2.45) is 5.41 Å². The van der Waals surface area contributed by atoms with Gasteiger partial charge in [-0.05, 0) is 53.4 Å². The Morgan fingerprint density at radius 2 is 2.05 bits per heavy atom. The van der Waals surface area contributed by atoms with Crippen molar-refractivity contribution in [1.82, 2.24) is 9.97 Å². The minimum absolute atomic E-state index is 0.495. The van der Waals surface area contributed by atoms with Crippen LogP contribution in [0.5, 0.6) is 0 Å². The Morgan fingerprint density at radius 3 is 2.68 bits per heavy atom. The fourth-order valence-corrected chi connectivity index (χ4v) is 2.93. The summed E-state index contributed by atoms with van der Waals surface area (Å²) in [6, 6.07) is 0. The quantitative estimate of drug-likeness (QED) is 0.868. The first kappa shape index (κ1) is 14.8. The van der Waals surface area contributed by atoms with Gasteiger partial charge in [-0.15, -0.1) is 0 Å². The number of nitrogens with zero attached hydrogens (tertiary/aromatic N) is 2. The van der Waals surface area contributed by atoms with E-state index >= 15 is 0 Å². The third-order valence-electron chi connectivity index (χ3n) is 4.01. The highest BCUT2D eigenvalue weighted by Gasteiger charge is 2.29. The van der Waals surface area contributed by atoms with Crippen LogP contribution in [0.15, 0.2) is 10.7 Å². The maximum atomic E-state index is 4.71. The molecule has 1 aromatic rings. The van der Waals surface area contributed by atoms with Gasteiger partial charge in [0.05, 0.1) is 4.47 Å². The average molecular weight is 326 g/mol. The second kappa shape index (κ2) is 6.21. The molecule has 0 unspecified atom stereocenters. The van der Waals surface area contributed by atoms with E-state index in [1.807, 2.05) is 6.20 Å². The summed E-state index contributed by atoms with van der Waals surface area (Å²) in [4.78, 5) is 9.23. The molecule has 0 saturated heterocycles. The van der Waals surface area contributed by atoms with Crippen molar-refractivity contribution in [3.8, 4) is 0 Å². The molecule has 1 fully saturated rings. The summed E-state index contributed by atoms with van der Waals surface area (Å²) in [5, 5.41) is 3.36. The van der Waals surface area contributed by atoms with Crippen molar-refractivity contribution in [2.75, 3.05) is 11.9 Å². The van der Waals surface area contributed by atoms with Gasteiger partial charge < -0.3 is 5.32 Å². The molecule has 0 aromatic carbocycles. The molecule has 1 saturated carbocycles. The topological polar surface area (TPSA) is 37.8 Å². The Hall–Kier alpha value is -0.640. The van der Waals surface area contributed by atoms with Gasteiger partial charge in [0.2, 0.25) is 0 Å². The van der Waals surface area contributed by atoms with Crippen molar-refractivity contribution in [1.29, 1.82) is 0 Å². The van der Waals surface area contributed by atoms with Crippen LogP contribution in [0.4, 0.5) is 5.82 Å². The molecule has 2 rings (SSSR count). The zero-order chi connectivity index (χ0) is 13.9. The molecule has 0 radical (unpaired) electrons. The molecule has 1 aliphatic rings. The van der Waals surface area contributed by atoms with Crippen LogP contribution in [-0.4, -0.2) is 16.5 Å². The minimum Gasteiger partial charge on any atom is -0.369 e. The van der Waals surface area contributed by atoms with Crippen LogP contribution in [0.25, 0.3) is 0 Å². The fraction of sp³-hybridized carbons (Fsp3) is 0.733. The zero-order valence-corrected chi connectivity index (χ0v) is 13.8. The molecule has 4 heteroatoms. The highest BCUT2D eigenvalue weighted by atomic mass is 79.9. The number of anilines is 1. The SMILES string of the molecule is CCCNc1nc(C2CCC(C)(C)CC2)ncc1Br. The summed E-state index contributed by atoms with van der Waals surface area (Å²) >= 11 is 3.52. The van der Waals surface area contributed by atoms with Crippen LogP contribution < -0.4 is 5.32 Å². The van der Waals surface area contributed by atoms with Crippen molar-refractivity contribution >= 4 is 21.7 Å². The molecule has 106 valence electrons. The molecule has 0 bridgehead atoms. The summed E-state index contributed by atoms with van der Waals surface area (Å²) < 4.78 is 0.959. The molecule has 1 heterocycles. The number of hydrogen-bond acceptors (Lipinski definition) is 3. The van der Waals surface area contributed by atoms with Crippen molar-refractivity contribution in [2.45, 2.75) is 58.8 Å². The Bertz CT molecular complexity index is 421. The number of nitrogens with one attached hydrogen (secondary N) is 1. The summed E-state index contributed by atoms with van der Waals surface area (Å²) in [5.74, 6) is 2.48. The van der Waals surface area contributed by atoms with Gasteiger partial charge >= 0.3 is 0 Å². The Labute approximate surface area is 124 Å². The Balaban J connectivity index is 2.08. The van der Waals surface area contributed by atoms with Gasteiger partial charge in [0.1, 0.15) is 11.6 Å². The standard InChI is InChI=1S/C15H24BrN3/c1-4-9-17-14-12(16)10-18-13(19-14)11-5-7-15(2,3)8-6-11/h10-11H,4-9H2,1-3H3,(H,17,18,19). The summed E-state index contributed by atoms with van der Waals surface area (Å²) in [6.07, 6.45) is 7.96. The van der Waals surface area contributed by atoms with Crippen molar-refractivity contribution < 1.29 is 0 Å². The molecule has 0 aliphatic heterocycles. The molecule has 3 nitrogen and oxygen atoms in total. The lowest BCUT2D eigenvalue weighted by Gasteiger charge is -2.33. The van der Waals surface area contributed by atoms with Gasteiger partial charge in [0.25, 0.3) is 0 Å². The molecule has 0 amide bonds. The van der Waals surface area contributed by atoms with E-state index in [2.05, 4.69) is 47.0 Å². The third kappa shape index (κ3) is 3.91. The van der Waals surface area contributed by atoms with Crippen molar-refractivity contribution in [3.63, 3.8) is 0 Å². The summed E-state index contributed by atoms with van der Waals surface area (Å²) in [5.41, 5.74) is 0.495. The largest absolute Gasteiger partial charge is 0.369 e. The van der Waals surface area contributed by atoms with Gasteiger partial charge in [-0.3, -0.25) is 0 Å². The van der Waals surface area contributed by atoms with E-state index in [1.54, 1.807) is 0 Å². The van der Waals surface area contributed by atoms with Gasteiger partial charge in [-0.2, -0.15) is 0 Å². The van der Waals surface area contributed by atoms with Crippen LogP contribution >= 0.6 is 15.9 Å². The molecule has 19 heavy (non-hydrogen) atoms. The molecule has 0 spiro atoms. The normalized spacial score (nSPS) is 19.4. The fourth-order valence-electron chi connectivity index (χ4n) is 2.60. The van der Waals surface area contributed by atoms with Gasteiger partial charge in [0, 0.05) is 18.7 Å². The lowest BCUT2D eigenvalue weighted by molar-refractivity contribution is 0.221. The van der Waals surface area contributed by atoms with Crippen LogP contribution in [0.1, 0.15) is 64.6 Å². The predicted molar refractivity (Wildman–Crippen MR) is 83.5 cm³/mol. The highest BCUT2D eigenvalue weighted by molar-refractivity contribution is 9.10. The monoisotopic (exact) mass is 325 g/mol. The average Bonchev–Trinajstić information content (AvgIpc) is 2.38. The second-order valence-electron chi connectivity index (χ2n) is 6.29. The Kier molecular flexibility index (Phi) is 4.82. The molecule has 1 aliphatic carbocycles. The van der Waals surface area contributed by atoms with E-state index in [0.29, 0.717) is 11.3 Å². The van der Waals surface area contributed by atoms with Crippen LogP contribution in [0.3, 0.4) is 0 Å². The van der Waals surface area contributed by atoms with Gasteiger partial charge in [-0.1, -0.05) is 20.8 Å². The first-order valence-corrected chi connectivity index (χ1v) is 8.07. The maximum Gasteiger partial charge on any atom is 0.144 e. The minimum atomic E-state index is 0.495. The lowest BCUT2D eigenvalue weighted by atomic mass is 9.73. The van der Waals surface area contributed by atoms with E-state index in [-0.39, 0.29) is 0 Å². The molecule has 1 N–H and O–H groups in total. The number of hydrogen-bond donors (Lipinski definition) is 1. The van der Waals surface area contributed by atoms with Gasteiger partial charge in [-0.25, -0.2) is 9.97 Å². The zero-order valence-electron chi connectivity index (χ0n) is 12.2. The van der Waals surface area contributed by atoms with E-state index in [1.165, 1.54) is 25.7 Å². The van der Waals surface area contributed by atoms with Crippen LogP contribution in [-0.2, 0) is 0 Å². The Morgan fingerprint density at radius 1 is 1.37 bits per heavy atom. The number of aromatic nitrogens is 2. The van der Waals surface area contributed by atoms with Crippen molar-refractivity contribution in [3.05, 3.63) is 16.5 Å². The lowest BCUT2D eigenvalue weighted by Crippen LogP contribution is -2.21. The third-order valence-corrected chi connectivity index (χ3v) is 4.59. The van der Waals surface area contributed by atoms with Crippen LogP contribution in [0.2, 0.25) is 0 Å². The van der Waals surface area contributed by atoms with Gasteiger partial charge in [0.15, 0.2) is 0 Å². The molecule has 1 aromatic heterocycles. The summed E-state index contributed by atoms with van der Waals surface area (Å²) in [7, 11) is 0. The number of halogens is 1. The first-order valence-electron chi connectivity index (χ1n) is 7.28. The number of rotatable bonds is 4. The molecular formula is C15H24BrN3. The molecule has 0 atom stereocenters.